The van der Waals surface area contributed by atoms with Crippen molar-refractivity contribution in [3.05, 3.63) is 18.2 Å². The van der Waals surface area contributed by atoms with Crippen LogP contribution in [0.3, 0.4) is 0 Å². The first-order chi connectivity index (χ1) is 6.66. The van der Waals surface area contributed by atoms with Gasteiger partial charge in [-0.25, -0.2) is 4.98 Å². The summed E-state index contributed by atoms with van der Waals surface area (Å²) in [5, 5.41) is 11.6. The molecule has 14 heavy (non-hydrogen) atoms. The Balaban J connectivity index is 2.84. The molecule has 5 nitrogen and oxygen atoms in total. The van der Waals surface area contributed by atoms with E-state index in [9.17, 15) is 4.79 Å². The van der Waals surface area contributed by atoms with E-state index < -0.39 is 12.0 Å². The number of nitrogens with one attached hydrogen (secondary N) is 1. The third-order valence-corrected chi connectivity index (χ3v) is 1.80. The molecule has 0 bridgehead atoms. The largest absolute Gasteiger partial charge is 0.480 e. The number of hydrogen-bond acceptors (Lipinski definition) is 3. The number of carboxylic acids is 1. The maximum atomic E-state index is 10.9. The van der Waals surface area contributed by atoms with Gasteiger partial charge >= 0.3 is 5.97 Å². The van der Waals surface area contributed by atoms with Crippen LogP contribution in [0.15, 0.2) is 12.5 Å². The quantitative estimate of drug-likeness (QED) is 0.648. The fourth-order valence-corrected chi connectivity index (χ4v) is 1.12. The van der Waals surface area contributed by atoms with Crippen LogP contribution in [0.4, 0.5) is 0 Å². The summed E-state index contributed by atoms with van der Waals surface area (Å²) in [4.78, 5) is 14.7. The predicted octanol–water partition coefficient (Wildman–Crippen LogP) is -0.231. The molecule has 0 saturated carbocycles. The van der Waals surface area contributed by atoms with Crippen molar-refractivity contribution in [2.45, 2.75) is 6.04 Å². The number of imidazole rings is 1. The normalized spacial score (nSPS) is 12.0. The van der Waals surface area contributed by atoms with Gasteiger partial charge in [0.15, 0.2) is 0 Å². The molecule has 0 aromatic carbocycles. The Morgan fingerprint density at radius 2 is 2.64 bits per heavy atom. The lowest BCUT2D eigenvalue weighted by molar-refractivity contribution is -0.139. The highest BCUT2D eigenvalue weighted by Crippen LogP contribution is 2.10. The van der Waals surface area contributed by atoms with E-state index in [1.54, 1.807) is 17.9 Å². The molecule has 0 aliphatic heterocycles. The molecule has 1 rings (SSSR count). The molecule has 1 aromatic rings. The second-order valence-corrected chi connectivity index (χ2v) is 2.79. The van der Waals surface area contributed by atoms with Gasteiger partial charge in [0, 0.05) is 7.05 Å². The molecule has 0 spiro atoms. The number of terminal acetylenes is 1. The summed E-state index contributed by atoms with van der Waals surface area (Å²) in [5.74, 6) is 1.36. The summed E-state index contributed by atoms with van der Waals surface area (Å²) in [5.41, 5.74) is 0.577. The molecule has 0 saturated heterocycles. The summed E-state index contributed by atoms with van der Waals surface area (Å²) < 4.78 is 1.64. The van der Waals surface area contributed by atoms with E-state index in [0.29, 0.717) is 5.69 Å². The predicted molar refractivity (Wildman–Crippen MR) is 50.4 cm³/mol. The number of hydrogen-bond donors (Lipinski definition) is 2. The zero-order valence-electron chi connectivity index (χ0n) is 7.77. The minimum Gasteiger partial charge on any atom is -0.480 e. The SMILES string of the molecule is C#CCNC(C(=O)O)c1cncn1C. The first kappa shape index (κ1) is 10.3. The van der Waals surface area contributed by atoms with Crippen molar-refractivity contribution in [3.63, 3.8) is 0 Å². The van der Waals surface area contributed by atoms with Crippen LogP contribution in [-0.4, -0.2) is 27.2 Å². The lowest BCUT2D eigenvalue weighted by atomic mass is 10.2. The van der Waals surface area contributed by atoms with E-state index in [2.05, 4.69) is 16.2 Å². The first-order valence-electron chi connectivity index (χ1n) is 4.02. The third kappa shape index (κ3) is 2.12. The zero-order chi connectivity index (χ0) is 10.6. The van der Waals surface area contributed by atoms with Crippen LogP contribution in [0.5, 0.6) is 0 Å². The molecule has 0 amide bonds. The number of nitrogens with zero attached hydrogens (tertiary/aromatic N) is 2. The second-order valence-electron chi connectivity index (χ2n) is 2.79. The Bertz CT molecular complexity index is 364. The fraction of sp³-hybridized carbons (Fsp3) is 0.333. The Morgan fingerprint density at radius 3 is 3.07 bits per heavy atom. The van der Waals surface area contributed by atoms with E-state index in [-0.39, 0.29) is 6.54 Å². The lowest BCUT2D eigenvalue weighted by Crippen LogP contribution is -2.30. The van der Waals surface area contributed by atoms with Crippen molar-refractivity contribution >= 4 is 5.97 Å². The van der Waals surface area contributed by atoms with E-state index >= 15 is 0 Å². The van der Waals surface area contributed by atoms with E-state index in [1.165, 1.54) is 6.20 Å². The van der Waals surface area contributed by atoms with Crippen LogP contribution in [0, 0.1) is 12.3 Å². The average Bonchev–Trinajstić information content (AvgIpc) is 2.52. The monoisotopic (exact) mass is 193 g/mol. The van der Waals surface area contributed by atoms with Crippen molar-refractivity contribution in [3.8, 4) is 12.3 Å². The van der Waals surface area contributed by atoms with Crippen molar-refractivity contribution in [2.75, 3.05) is 6.54 Å². The first-order valence-corrected chi connectivity index (χ1v) is 4.02. The minimum atomic E-state index is -0.969. The number of rotatable bonds is 4. The summed E-state index contributed by atoms with van der Waals surface area (Å²) in [6.07, 6.45) is 8.09. The Labute approximate surface area is 81.8 Å². The van der Waals surface area contributed by atoms with Crippen LogP contribution < -0.4 is 5.32 Å². The number of carboxylic acid groups (broad SMARTS) is 1. The smallest absolute Gasteiger partial charge is 0.326 e. The van der Waals surface area contributed by atoms with Gasteiger partial charge in [-0.2, -0.15) is 0 Å². The van der Waals surface area contributed by atoms with Crippen LogP contribution >= 0.6 is 0 Å². The van der Waals surface area contributed by atoms with Gasteiger partial charge in [0.25, 0.3) is 0 Å². The van der Waals surface area contributed by atoms with Crippen molar-refractivity contribution in [1.82, 2.24) is 14.9 Å². The Morgan fingerprint density at radius 1 is 1.93 bits per heavy atom. The van der Waals surface area contributed by atoms with Gasteiger partial charge in [-0.05, 0) is 0 Å². The molecule has 74 valence electrons. The average molecular weight is 193 g/mol. The van der Waals surface area contributed by atoms with Crippen molar-refractivity contribution < 1.29 is 9.90 Å². The number of aromatic nitrogens is 2. The fourth-order valence-electron chi connectivity index (χ4n) is 1.12. The molecule has 1 atom stereocenters. The van der Waals surface area contributed by atoms with Crippen molar-refractivity contribution in [1.29, 1.82) is 0 Å². The third-order valence-electron chi connectivity index (χ3n) is 1.80. The van der Waals surface area contributed by atoms with Gasteiger partial charge in [-0.1, -0.05) is 5.92 Å². The molecule has 0 radical (unpaired) electrons. The van der Waals surface area contributed by atoms with E-state index in [4.69, 9.17) is 11.5 Å². The molecule has 0 aliphatic rings. The van der Waals surface area contributed by atoms with Gasteiger partial charge in [-0.3, -0.25) is 10.1 Å². The summed E-state index contributed by atoms with van der Waals surface area (Å²) >= 11 is 0. The number of carbonyl (C=O) groups is 1. The van der Waals surface area contributed by atoms with Crippen LogP contribution in [0.25, 0.3) is 0 Å². The topological polar surface area (TPSA) is 67.2 Å². The zero-order valence-corrected chi connectivity index (χ0v) is 7.77. The molecule has 1 heterocycles. The molecule has 1 aromatic heterocycles. The summed E-state index contributed by atoms with van der Waals surface area (Å²) in [7, 11) is 1.73. The Kier molecular flexibility index (Phi) is 3.26. The van der Waals surface area contributed by atoms with Crippen LogP contribution in [-0.2, 0) is 11.8 Å². The van der Waals surface area contributed by atoms with Crippen LogP contribution in [0.1, 0.15) is 11.7 Å². The molecule has 0 aliphatic carbocycles. The maximum Gasteiger partial charge on any atom is 0.326 e. The highest BCUT2D eigenvalue weighted by Gasteiger charge is 2.21. The van der Waals surface area contributed by atoms with Gasteiger partial charge in [-0.15, -0.1) is 6.42 Å². The lowest BCUT2D eigenvalue weighted by Gasteiger charge is -2.12. The van der Waals surface area contributed by atoms with Gasteiger partial charge in [0.1, 0.15) is 6.04 Å². The van der Waals surface area contributed by atoms with Crippen molar-refractivity contribution in [2.24, 2.45) is 7.05 Å². The number of aryl methyl sites for hydroxylation is 1. The summed E-state index contributed by atoms with van der Waals surface area (Å²) in [6, 6.07) is -0.807. The summed E-state index contributed by atoms with van der Waals surface area (Å²) in [6.45, 7) is 0.210. The molecule has 5 heteroatoms. The maximum absolute atomic E-state index is 10.9. The van der Waals surface area contributed by atoms with E-state index in [1.807, 2.05) is 0 Å². The minimum absolute atomic E-state index is 0.210. The second kappa shape index (κ2) is 4.44. The van der Waals surface area contributed by atoms with E-state index in [0.717, 1.165) is 0 Å². The van der Waals surface area contributed by atoms with Gasteiger partial charge < -0.3 is 9.67 Å². The van der Waals surface area contributed by atoms with Gasteiger partial charge in [0.05, 0.1) is 24.8 Å². The number of aliphatic carboxylic acids is 1. The van der Waals surface area contributed by atoms with Gasteiger partial charge in [0.2, 0.25) is 0 Å². The highest BCUT2D eigenvalue weighted by molar-refractivity contribution is 5.74. The Hall–Kier alpha value is -1.80. The highest BCUT2D eigenvalue weighted by atomic mass is 16.4. The molecule has 2 N–H and O–H groups in total. The molecular formula is C9H11N3O2. The molecule has 1 unspecified atom stereocenters. The molecule has 0 fully saturated rings. The molecular weight excluding hydrogens is 182 g/mol. The standard InChI is InChI=1S/C9H11N3O2/c1-3-4-11-8(9(13)14)7-5-10-6-12(7)2/h1,5-6,8,11H,4H2,2H3,(H,13,14). The van der Waals surface area contributed by atoms with Crippen LogP contribution in [0.2, 0.25) is 0 Å².